The van der Waals surface area contributed by atoms with E-state index in [1.165, 1.54) is 5.56 Å². The van der Waals surface area contributed by atoms with Crippen molar-refractivity contribution in [2.45, 2.75) is 20.5 Å². The summed E-state index contributed by atoms with van der Waals surface area (Å²) in [5.41, 5.74) is 8.75. The maximum Gasteiger partial charge on any atom is 0.161 e. The van der Waals surface area contributed by atoms with Crippen molar-refractivity contribution >= 4 is 17.2 Å². The zero-order valence-corrected chi connectivity index (χ0v) is 13.1. The molecule has 2 rings (SSSR count). The molecule has 21 heavy (non-hydrogen) atoms. The highest BCUT2D eigenvalue weighted by Crippen LogP contribution is 2.29. The van der Waals surface area contributed by atoms with Crippen LogP contribution in [-0.4, -0.2) is 11.6 Å². The van der Waals surface area contributed by atoms with Crippen LogP contribution in [-0.2, 0) is 6.61 Å². The largest absolute Gasteiger partial charge is 0.490 e. The quantitative estimate of drug-likeness (QED) is 0.828. The molecule has 0 aromatic heterocycles. The third-order valence-electron chi connectivity index (χ3n) is 3.00. The van der Waals surface area contributed by atoms with Crippen molar-refractivity contribution in [2.75, 3.05) is 6.61 Å². The molecular weight excluding hydrogens is 282 g/mol. The number of benzene rings is 2. The van der Waals surface area contributed by atoms with Crippen LogP contribution in [0.4, 0.5) is 0 Å². The van der Waals surface area contributed by atoms with Crippen LogP contribution in [0.3, 0.4) is 0 Å². The first-order valence-corrected chi connectivity index (χ1v) is 7.26. The lowest BCUT2D eigenvalue weighted by molar-refractivity contribution is 0.269. The van der Waals surface area contributed by atoms with Gasteiger partial charge in [-0.1, -0.05) is 42.0 Å². The van der Waals surface area contributed by atoms with E-state index < -0.39 is 0 Å². The average Bonchev–Trinajstić information content (AvgIpc) is 2.46. The Bertz CT molecular complexity index is 640. The second kappa shape index (κ2) is 7.09. The molecule has 3 nitrogen and oxygen atoms in total. The van der Waals surface area contributed by atoms with Gasteiger partial charge in [-0.15, -0.1) is 0 Å². The molecule has 110 valence electrons. The Morgan fingerprint density at radius 3 is 2.57 bits per heavy atom. The van der Waals surface area contributed by atoms with Gasteiger partial charge in [-0.05, 0) is 37.6 Å². The Labute approximate surface area is 130 Å². The van der Waals surface area contributed by atoms with Crippen LogP contribution in [0.5, 0.6) is 11.5 Å². The fraction of sp³-hybridized carbons (Fsp3) is 0.235. The van der Waals surface area contributed by atoms with E-state index in [9.17, 15) is 0 Å². The predicted molar refractivity (Wildman–Crippen MR) is 89.0 cm³/mol. The first kappa shape index (κ1) is 15.3. The van der Waals surface area contributed by atoms with E-state index in [1.54, 1.807) is 0 Å². The fourth-order valence-corrected chi connectivity index (χ4v) is 2.14. The second-order valence-electron chi connectivity index (χ2n) is 4.74. The zero-order valence-electron chi connectivity index (χ0n) is 12.3. The summed E-state index contributed by atoms with van der Waals surface area (Å²) in [6.45, 7) is 5.04. The van der Waals surface area contributed by atoms with E-state index >= 15 is 0 Å². The normalized spacial score (nSPS) is 10.2. The molecule has 0 aliphatic carbocycles. The van der Waals surface area contributed by atoms with Crippen molar-refractivity contribution in [3.05, 3.63) is 59.2 Å². The molecule has 0 unspecified atom stereocenters. The summed E-state index contributed by atoms with van der Waals surface area (Å²) in [7, 11) is 0. The van der Waals surface area contributed by atoms with Gasteiger partial charge in [0.1, 0.15) is 11.6 Å². The Morgan fingerprint density at radius 1 is 1.10 bits per heavy atom. The maximum atomic E-state index is 5.86. The average molecular weight is 301 g/mol. The van der Waals surface area contributed by atoms with Crippen molar-refractivity contribution in [3.63, 3.8) is 0 Å². The molecule has 0 bridgehead atoms. The van der Waals surface area contributed by atoms with Crippen molar-refractivity contribution in [1.82, 2.24) is 0 Å². The van der Waals surface area contributed by atoms with E-state index in [4.69, 9.17) is 27.4 Å². The first-order valence-electron chi connectivity index (χ1n) is 6.85. The summed E-state index contributed by atoms with van der Waals surface area (Å²) in [6.07, 6.45) is 0. The Kier molecular flexibility index (Phi) is 5.17. The van der Waals surface area contributed by atoms with E-state index in [2.05, 4.69) is 19.1 Å². The van der Waals surface area contributed by atoms with Crippen LogP contribution < -0.4 is 15.2 Å². The van der Waals surface area contributed by atoms with Gasteiger partial charge in [0, 0.05) is 5.56 Å². The van der Waals surface area contributed by atoms with Gasteiger partial charge in [0.15, 0.2) is 11.5 Å². The Balaban J connectivity index is 2.16. The molecule has 2 aromatic rings. The van der Waals surface area contributed by atoms with E-state index in [0.717, 1.165) is 11.1 Å². The van der Waals surface area contributed by atoms with Crippen molar-refractivity contribution in [3.8, 4) is 11.5 Å². The number of rotatable bonds is 6. The lowest BCUT2D eigenvalue weighted by Crippen LogP contribution is -2.10. The summed E-state index contributed by atoms with van der Waals surface area (Å²) >= 11 is 4.99. The molecule has 0 atom stereocenters. The maximum absolute atomic E-state index is 5.86. The number of hydrogen-bond donors (Lipinski definition) is 1. The molecule has 0 saturated heterocycles. The van der Waals surface area contributed by atoms with Crippen molar-refractivity contribution in [2.24, 2.45) is 5.73 Å². The lowest BCUT2D eigenvalue weighted by atomic mass is 10.1. The summed E-state index contributed by atoms with van der Waals surface area (Å²) in [4.78, 5) is 0.348. The van der Waals surface area contributed by atoms with Crippen LogP contribution in [0.25, 0.3) is 0 Å². The van der Waals surface area contributed by atoms with Gasteiger partial charge in [-0.3, -0.25) is 0 Å². The van der Waals surface area contributed by atoms with Gasteiger partial charge in [-0.2, -0.15) is 0 Å². The molecule has 0 heterocycles. The minimum absolute atomic E-state index is 0.348. The molecule has 0 aliphatic heterocycles. The van der Waals surface area contributed by atoms with Crippen LogP contribution in [0, 0.1) is 6.92 Å². The van der Waals surface area contributed by atoms with E-state index in [0.29, 0.717) is 29.7 Å². The SMILES string of the molecule is CCOc1cc(C(N)=S)ccc1OCc1cccc(C)c1. The summed E-state index contributed by atoms with van der Waals surface area (Å²) < 4.78 is 11.5. The Hall–Kier alpha value is -2.07. The summed E-state index contributed by atoms with van der Waals surface area (Å²) in [5.74, 6) is 1.36. The molecular formula is C17H19NO2S. The number of ether oxygens (including phenoxy) is 2. The fourth-order valence-electron chi connectivity index (χ4n) is 2.01. The van der Waals surface area contributed by atoms with Gasteiger partial charge in [-0.25, -0.2) is 0 Å². The molecule has 0 aliphatic rings. The number of thiocarbonyl (C=S) groups is 1. The minimum Gasteiger partial charge on any atom is -0.490 e. The molecule has 0 radical (unpaired) electrons. The molecule has 2 aromatic carbocycles. The molecule has 0 spiro atoms. The number of hydrogen-bond acceptors (Lipinski definition) is 3. The van der Waals surface area contributed by atoms with E-state index in [-0.39, 0.29) is 0 Å². The number of aryl methyl sites for hydroxylation is 1. The van der Waals surface area contributed by atoms with Gasteiger partial charge < -0.3 is 15.2 Å². The second-order valence-corrected chi connectivity index (χ2v) is 5.18. The van der Waals surface area contributed by atoms with Crippen LogP contribution in [0.2, 0.25) is 0 Å². The third-order valence-corrected chi connectivity index (χ3v) is 3.24. The van der Waals surface area contributed by atoms with Gasteiger partial charge in [0.05, 0.1) is 6.61 Å². The minimum atomic E-state index is 0.348. The molecule has 4 heteroatoms. The van der Waals surface area contributed by atoms with Crippen molar-refractivity contribution < 1.29 is 9.47 Å². The third kappa shape index (κ3) is 4.20. The van der Waals surface area contributed by atoms with Crippen molar-refractivity contribution in [1.29, 1.82) is 0 Å². The summed E-state index contributed by atoms with van der Waals surface area (Å²) in [5, 5.41) is 0. The zero-order chi connectivity index (χ0) is 15.2. The highest BCUT2D eigenvalue weighted by molar-refractivity contribution is 7.80. The highest BCUT2D eigenvalue weighted by Gasteiger charge is 2.08. The van der Waals surface area contributed by atoms with E-state index in [1.807, 2.05) is 37.3 Å². The van der Waals surface area contributed by atoms with Crippen LogP contribution >= 0.6 is 12.2 Å². The van der Waals surface area contributed by atoms with Crippen LogP contribution in [0.1, 0.15) is 23.6 Å². The number of nitrogens with two attached hydrogens (primary N) is 1. The van der Waals surface area contributed by atoms with Gasteiger partial charge in [0.25, 0.3) is 0 Å². The highest BCUT2D eigenvalue weighted by atomic mass is 32.1. The van der Waals surface area contributed by atoms with Gasteiger partial charge in [0.2, 0.25) is 0 Å². The molecule has 0 fully saturated rings. The van der Waals surface area contributed by atoms with Crippen LogP contribution in [0.15, 0.2) is 42.5 Å². The monoisotopic (exact) mass is 301 g/mol. The standard InChI is InChI=1S/C17H19NO2S/c1-3-19-16-10-14(17(18)21)7-8-15(16)20-11-13-6-4-5-12(2)9-13/h4-10H,3,11H2,1-2H3,(H2,18,21). The molecule has 0 saturated carbocycles. The lowest BCUT2D eigenvalue weighted by Gasteiger charge is -2.13. The molecule has 2 N–H and O–H groups in total. The molecule has 0 amide bonds. The Morgan fingerprint density at radius 2 is 1.90 bits per heavy atom. The topological polar surface area (TPSA) is 44.5 Å². The predicted octanol–water partition coefficient (Wildman–Crippen LogP) is 3.61. The van der Waals surface area contributed by atoms with Gasteiger partial charge >= 0.3 is 0 Å². The first-order chi connectivity index (χ1) is 10.1. The smallest absolute Gasteiger partial charge is 0.161 e. The summed E-state index contributed by atoms with van der Waals surface area (Å²) in [6, 6.07) is 13.7.